The van der Waals surface area contributed by atoms with Gasteiger partial charge in [-0.05, 0) is 24.1 Å². The smallest absolute Gasteiger partial charge is 0.228 e. The molecule has 1 N–H and O–H groups in total. The molecule has 0 saturated carbocycles. The molecule has 3 fully saturated rings. The van der Waals surface area contributed by atoms with Crippen LogP contribution in [0.2, 0.25) is 0 Å². The van der Waals surface area contributed by atoms with E-state index in [2.05, 4.69) is 5.32 Å². The summed E-state index contributed by atoms with van der Waals surface area (Å²) in [6, 6.07) is 17.4. The monoisotopic (exact) mass is 482 g/mol. The first-order chi connectivity index (χ1) is 16.3. The minimum absolute atomic E-state index is 0.000787. The molecule has 2 aromatic rings. The van der Waals surface area contributed by atoms with E-state index in [1.807, 2.05) is 30.3 Å². The van der Waals surface area contributed by atoms with Crippen molar-refractivity contribution in [1.29, 1.82) is 0 Å². The number of fused-ring (bicyclic) bond motifs is 1. The first kappa shape index (κ1) is 23.8. The van der Waals surface area contributed by atoms with Crippen molar-refractivity contribution in [2.24, 2.45) is 5.92 Å². The van der Waals surface area contributed by atoms with Crippen LogP contribution >= 0.6 is 0 Å². The number of rotatable bonds is 4. The zero-order valence-corrected chi connectivity index (χ0v) is 19.4. The predicted octanol–water partition coefficient (Wildman–Crippen LogP) is 1.69. The van der Waals surface area contributed by atoms with Crippen molar-refractivity contribution in [1.82, 2.24) is 10.2 Å². The second-order valence-corrected chi connectivity index (χ2v) is 10.8. The highest BCUT2D eigenvalue weighted by atomic mass is 32.2. The van der Waals surface area contributed by atoms with Gasteiger partial charge in [0.05, 0.1) is 11.3 Å². The van der Waals surface area contributed by atoms with Crippen LogP contribution in [-0.4, -0.2) is 54.7 Å². The molecular formula is C25H26N2O6S. The van der Waals surface area contributed by atoms with E-state index in [9.17, 15) is 27.6 Å². The summed E-state index contributed by atoms with van der Waals surface area (Å²) in [6.07, 6.45) is 1.49. The predicted molar refractivity (Wildman–Crippen MR) is 123 cm³/mol. The minimum Gasteiger partial charge on any atom is -0.356 e. The van der Waals surface area contributed by atoms with Crippen molar-refractivity contribution < 1.29 is 27.6 Å². The normalized spacial score (nSPS) is 24.4. The molecule has 9 heteroatoms. The van der Waals surface area contributed by atoms with Gasteiger partial charge in [-0.3, -0.25) is 19.2 Å². The van der Waals surface area contributed by atoms with Gasteiger partial charge in [-0.15, -0.1) is 0 Å². The molecule has 3 aliphatic heterocycles. The van der Waals surface area contributed by atoms with Crippen molar-refractivity contribution >= 4 is 33.2 Å². The summed E-state index contributed by atoms with van der Waals surface area (Å²) in [5.74, 6) is -0.940. The number of Topliss-reactive ketones (excluding diaryl/α,β-unsaturated/α-hetero) is 2. The van der Waals surface area contributed by atoms with Crippen LogP contribution in [0, 0.1) is 5.92 Å². The van der Waals surface area contributed by atoms with Crippen LogP contribution in [0.4, 0.5) is 0 Å². The number of amides is 2. The molecule has 0 aromatic heterocycles. The summed E-state index contributed by atoms with van der Waals surface area (Å²) in [5.41, 5.74) is 0.961. The molecule has 2 aromatic carbocycles. The van der Waals surface area contributed by atoms with Crippen LogP contribution in [-0.2, 0) is 35.4 Å². The number of nitrogens with one attached hydrogen (secondary N) is 1. The fourth-order valence-corrected chi connectivity index (χ4v) is 6.75. The van der Waals surface area contributed by atoms with E-state index >= 15 is 0 Å². The van der Waals surface area contributed by atoms with E-state index in [1.165, 1.54) is 17.0 Å². The molecule has 2 unspecified atom stereocenters. The Morgan fingerprint density at radius 3 is 2.18 bits per heavy atom. The van der Waals surface area contributed by atoms with E-state index in [1.54, 1.807) is 18.2 Å². The Hall–Kier alpha value is -3.33. The summed E-state index contributed by atoms with van der Waals surface area (Å²) in [4.78, 5) is 46.0. The third-order valence-corrected chi connectivity index (χ3v) is 8.81. The summed E-state index contributed by atoms with van der Waals surface area (Å²) < 4.78 is 26.3. The lowest BCUT2D eigenvalue weighted by atomic mass is 9.93. The van der Waals surface area contributed by atoms with Crippen molar-refractivity contribution in [3.63, 3.8) is 0 Å². The average Bonchev–Trinajstić information content (AvgIpc) is 2.93. The van der Waals surface area contributed by atoms with Gasteiger partial charge in [-0.25, -0.2) is 8.42 Å². The highest BCUT2D eigenvalue weighted by molar-refractivity contribution is 7.93. The van der Waals surface area contributed by atoms with Crippen LogP contribution in [0.5, 0.6) is 0 Å². The third-order valence-electron chi connectivity index (χ3n) is 6.47. The van der Waals surface area contributed by atoms with Crippen LogP contribution in [0.3, 0.4) is 0 Å². The SMILES string of the molecule is O=C1CC2(S(=O)(=O)c3ccccc3)C(=O)C(Cc3ccccc3)CN12.O=C1CCNC(=O)CC1. The Morgan fingerprint density at radius 2 is 1.53 bits per heavy atom. The van der Waals surface area contributed by atoms with Crippen molar-refractivity contribution in [3.8, 4) is 0 Å². The first-order valence-corrected chi connectivity index (χ1v) is 12.7. The number of carbonyl (C=O) groups is 4. The molecule has 8 nitrogen and oxygen atoms in total. The lowest BCUT2D eigenvalue weighted by Crippen LogP contribution is -2.67. The summed E-state index contributed by atoms with van der Waals surface area (Å²) >= 11 is 0. The second kappa shape index (κ2) is 9.50. The number of benzene rings is 2. The summed E-state index contributed by atoms with van der Waals surface area (Å²) in [5, 5.41) is 2.62. The standard InChI is InChI=1S/C19H17NO4S.C6H9NO2/c21-17-12-19(25(23,24)16-9-5-2-6-10-16)18(22)15(13-20(17)19)11-14-7-3-1-4-8-14;8-5-1-2-6(9)7-4-3-5/h1-10,15H,11-13H2;1-4H2,(H,7,9). The molecule has 2 atom stereocenters. The Balaban J connectivity index is 0.000000257. The number of hydrogen-bond acceptors (Lipinski definition) is 6. The van der Waals surface area contributed by atoms with E-state index in [-0.39, 0.29) is 41.2 Å². The summed E-state index contributed by atoms with van der Waals surface area (Å²) in [7, 11) is -3.95. The van der Waals surface area contributed by atoms with Gasteiger partial charge in [0.15, 0.2) is 5.78 Å². The van der Waals surface area contributed by atoms with E-state index in [0.29, 0.717) is 32.2 Å². The molecule has 0 bridgehead atoms. The third kappa shape index (κ3) is 4.27. The van der Waals surface area contributed by atoms with Gasteiger partial charge in [0.2, 0.25) is 26.5 Å². The second-order valence-electron chi connectivity index (χ2n) is 8.67. The lowest BCUT2D eigenvalue weighted by molar-refractivity contribution is -0.150. The van der Waals surface area contributed by atoms with Gasteiger partial charge >= 0.3 is 0 Å². The number of β-lactam (4-membered cyclic amide) rings is 1. The number of hydrogen-bond donors (Lipinski definition) is 1. The quantitative estimate of drug-likeness (QED) is 0.663. The fourth-order valence-electron chi connectivity index (χ4n) is 4.63. The largest absolute Gasteiger partial charge is 0.356 e. The van der Waals surface area contributed by atoms with Gasteiger partial charge in [0, 0.05) is 38.3 Å². The molecule has 5 rings (SSSR count). The molecule has 0 radical (unpaired) electrons. The van der Waals surface area contributed by atoms with Crippen LogP contribution in [0.15, 0.2) is 65.6 Å². The van der Waals surface area contributed by atoms with Crippen molar-refractivity contribution in [2.75, 3.05) is 13.1 Å². The Kier molecular flexibility index (Phi) is 6.65. The zero-order valence-electron chi connectivity index (χ0n) is 18.6. The van der Waals surface area contributed by atoms with Crippen LogP contribution in [0.1, 0.15) is 31.2 Å². The highest BCUT2D eigenvalue weighted by Crippen LogP contribution is 2.48. The Labute approximate surface area is 198 Å². The van der Waals surface area contributed by atoms with Gasteiger partial charge in [-0.2, -0.15) is 0 Å². The molecule has 3 heterocycles. The van der Waals surface area contributed by atoms with Gasteiger partial charge in [-0.1, -0.05) is 48.5 Å². The zero-order chi connectivity index (χ0) is 24.3. The number of sulfone groups is 1. The topological polar surface area (TPSA) is 118 Å². The van der Waals surface area contributed by atoms with Crippen molar-refractivity contribution in [3.05, 3.63) is 66.2 Å². The molecule has 2 amide bonds. The minimum atomic E-state index is -3.95. The Morgan fingerprint density at radius 1 is 0.882 bits per heavy atom. The maximum atomic E-state index is 13.2. The highest BCUT2D eigenvalue weighted by Gasteiger charge is 2.70. The van der Waals surface area contributed by atoms with Crippen LogP contribution in [0.25, 0.3) is 0 Å². The molecule has 0 spiro atoms. The maximum Gasteiger partial charge on any atom is 0.228 e. The molecule has 34 heavy (non-hydrogen) atoms. The summed E-state index contributed by atoms with van der Waals surface area (Å²) in [6.45, 7) is 0.691. The van der Waals surface area contributed by atoms with E-state index in [4.69, 9.17) is 0 Å². The van der Waals surface area contributed by atoms with Gasteiger partial charge < -0.3 is 10.2 Å². The lowest BCUT2D eigenvalue weighted by Gasteiger charge is -2.44. The fraction of sp³-hybridized carbons (Fsp3) is 0.360. The molecule has 3 saturated heterocycles. The van der Waals surface area contributed by atoms with E-state index < -0.39 is 20.6 Å². The number of ketones is 2. The van der Waals surface area contributed by atoms with E-state index in [0.717, 1.165) is 5.56 Å². The average molecular weight is 483 g/mol. The van der Waals surface area contributed by atoms with Gasteiger partial charge in [0.1, 0.15) is 5.78 Å². The molecular weight excluding hydrogens is 456 g/mol. The van der Waals surface area contributed by atoms with Gasteiger partial charge in [0.25, 0.3) is 0 Å². The number of carbonyl (C=O) groups excluding carboxylic acids is 4. The molecule has 3 aliphatic rings. The van der Waals surface area contributed by atoms with Crippen LogP contribution < -0.4 is 5.32 Å². The number of nitrogens with zero attached hydrogens (tertiary/aromatic N) is 1. The Bertz CT molecular complexity index is 1200. The maximum absolute atomic E-state index is 13.2. The van der Waals surface area contributed by atoms with Crippen molar-refractivity contribution in [2.45, 2.75) is 41.9 Å². The first-order valence-electron chi connectivity index (χ1n) is 11.2. The molecule has 0 aliphatic carbocycles. The molecule has 178 valence electrons.